The van der Waals surface area contributed by atoms with Crippen molar-refractivity contribution in [2.75, 3.05) is 13.7 Å². The molecule has 3 heterocycles. The van der Waals surface area contributed by atoms with Gasteiger partial charge in [0.2, 0.25) is 5.88 Å². The van der Waals surface area contributed by atoms with Crippen molar-refractivity contribution in [3.63, 3.8) is 0 Å². The van der Waals surface area contributed by atoms with Crippen molar-refractivity contribution in [3.8, 4) is 17.3 Å². The van der Waals surface area contributed by atoms with E-state index in [1.807, 2.05) is 0 Å². The van der Waals surface area contributed by atoms with E-state index in [9.17, 15) is 0 Å². The van der Waals surface area contributed by atoms with Gasteiger partial charge in [0.25, 0.3) is 0 Å². The molecule has 0 aliphatic heterocycles. The van der Waals surface area contributed by atoms with Crippen molar-refractivity contribution in [1.82, 2.24) is 29.7 Å². The summed E-state index contributed by atoms with van der Waals surface area (Å²) in [6, 6.07) is 1.12. The van der Waals surface area contributed by atoms with Crippen molar-refractivity contribution in [2.45, 2.75) is 51.2 Å². The van der Waals surface area contributed by atoms with E-state index in [4.69, 9.17) is 14.5 Å². The molecule has 0 saturated heterocycles. The second kappa shape index (κ2) is 8.08. The third kappa shape index (κ3) is 4.49. The number of aromatic nitrogens is 6. The summed E-state index contributed by atoms with van der Waals surface area (Å²) in [6.45, 7) is 8.12. The van der Waals surface area contributed by atoms with E-state index >= 15 is 0 Å². The number of ether oxygens (including phenoxy) is 2. The Hall–Kier alpha value is -1.91. The predicted octanol–water partition coefficient (Wildman–Crippen LogP) is 4.24. The van der Waals surface area contributed by atoms with E-state index in [0.717, 1.165) is 47.8 Å². The number of hydrogen-bond donors (Lipinski definition) is 0. The summed E-state index contributed by atoms with van der Waals surface area (Å²) < 4.78 is 13.8. The third-order valence-electron chi connectivity index (χ3n) is 4.88. The maximum absolute atomic E-state index is 5.85. The molecule has 154 valence electrons. The first kappa shape index (κ1) is 20.4. The summed E-state index contributed by atoms with van der Waals surface area (Å²) in [4.78, 5) is 18.1. The highest BCUT2D eigenvalue weighted by molar-refractivity contribution is 9.10. The van der Waals surface area contributed by atoms with Gasteiger partial charge in [-0.1, -0.05) is 19.6 Å². The molecule has 0 unspecified atom stereocenters. The molecule has 10 heteroatoms. The Morgan fingerprint density at radius 2 is 2.00 bits per heavy atom. The molecule has 0 spiro atoms. The first-order chi connectivity index (χ1) is 13.9. The highest BCUT2D eigenvalue weighted by atomic mass is 79.9. The van der Waals surface area contributed by atoms with Crippen LogP contribution in [-0.4, -0.2) is 51.5 Å². The third-order valence-corrected chi connectivity index (χ3v) is 7.12. The summed E-state index contributed by atoms with van der Waals surface area (Å²) in [6.07, 6.45) is 5.55. The number of methoxy groups -OCH3 is 1. The second-order valence-electron chi connectivity index (χ2n) is 8.48. The SMILES string of the molecule is COc1ncnc(C2CC2)c1-c1ncc2c(n1)c(Br)nn2COCC[Si](C)(C)C. The molecule has 0 aromatic carbocycles. The van der Waals surface area contributed by atoms with Gasteiger partial charge < -0.3 is 9.47 Å². The van der Waals surface area contributed by atoms with E-state index in [2.05, 4.69) is 55.6 Å². The lowest BCUT2D eigenvalue weighted by Crippen LogP contribution is -2.22. The average Bonchev–Trinajstić information content (AvgIpc) is 3.49. The summed E-state index contributed by atoms with van der Waals surface area (Å²) >= 11 is 3.53. The van der Waals surface area contributed by atoms with Gasteiger partial charge in [0.15, 0.2) is 10.4 Å². The zero-order chi connectivity index (χ0) is 20.6. The fourth-order valence-corrected chi connectivity index (χ4v) is 4.32. The summed E-state index contributed by atoms with van der Waals surface area (Å²) in [5.74, 6) is 1.48. The van der Waals surface area contributed by atoms with Crippen molar-refractivity contribution >= 4 is 35.0 Å². The Kier molecular flexibility index (Phi) is 5.67. The van der Waals surface area contributed by atoms with Crippen LogP contribution < -0.4 is 4.74 Å². The molecule has 0 bridgehead atoms. The van der Waals surface area contributed by atoms with Crippen LogP contribution in [0.2, 0.25) is 25.7 Å². The van der Waals surface area contributed by atoms with Crippen molar-refractivity contribution in [1.29, 1.82) is 0 Å². The van der Waals surface area contributed by atoms with Gasteiger partial charge in [-0.3, -0.25) is 0 Å². The number of rotatable bonds is 8. The van der Waals surface area contributed by atoms with Gasteiger partial charge in [-0.15, -0.1) is 0 Å². The summed E-state index contributed by atoms with van der Waals surface area (Å²) in [5.41, 5.74) is 3.27. The van der Waals surface area contributed by atoms with Crippen LogP contribution in [-0.2, 0) is 11.5 Å². The highest BCUT2D eigenvalue weighted by Crippen LogP contribution is 2.45. The molecule has 0 atom stereocenters. The first-order valence-electron chi connectivity index (χ1n) is 9.73. The molecule has 3 aromatic rings. The molecule has 1 saturated carbocycles. The van der Waals surface area contributed by atoms with Gasteiger partial charge in [0.1, 0.15) is 29.7 Å². The molecular formula is C19H25BrN6O2Si. The van der Waals surface area contributed by atoms with Crippen LogP contribution in [0, 0.1) is 0 Å². The quantitative estimate of drug-likeness (QED) is 0.354. The van der Waals surface area contributed by atoms with Crippen molar-refractivity contribution in [3.05, 3.63) is 22.8 Å². The maximum atomic E-state index is 5.85. The number of hydrogen-bond acceptors (Lipinski definition) is 7. The molecule has 0 amide bonds. The first-order valence-corrected chi connectivity index (χ1v) is 14.2. The van der Waals surface area contributed by atoms with Gasteiger partial charge in [0, 0.05) is 20.6 Å². The van der Waals surface area contributed by atoms with Gasteiger partial charge in [-0.2, -0.15) is 5.10 Å². The van der Waals surface area contributed by atoms with Crippen LogP contribution in [0.4, 0.5) is 0 Å². The van der Waals surface area contributed by atoms with E-state index < -0.39 is 8.07 Å². The molecule has 0 N–H and O–H groups in total. The normalized spacial score (nSPS) is 14.5. The Morgan fingerprint density at radius 1 is 1.21 bits per heavy atom. The van der Waals surface area contributed by atoms with E-state index in [1.54, 1.807) is 24.3 Å². The van der Waals surface area contributed by atoms with Crippen LogP contribution >= 0.6 is 15.9 Å². The fraction of sp³-hybridized carbons (Fsp3) is 0.526. The maximum Gasteiger partial charge on any atom is 0.227 e. The summed E-state index contributed by atoms with van der Waals surface area (Å²) in [5, 5.41) is 4.53. The van der Waals surface area contributed by atoms with Gasteiger partial charge in [0.05, 0.1) is 19.0 Å². The molecule has 8 nitrogen and oxygen atoms in total. The predicted molar refractivity (Wildman–Crippen MR) is 117 cm³/mol. The van der Waals surface area contributed by atoms with Crippen molar-refractivity contribution < 1.29 is 9.47 Å². The lowest BCUT2D eigenvalue weighted by atomic mass is 10.1. The lowest BCUT2D eigenvalue weighted by molar-refractivity contribution is 0.0814. The minimum absolute atomic E-state index is 0.375. The number of halogens is 1. The van der Waals surface area contributed by atoms with Gasteiger partial charge >= 0.3 is 0 Å². The Morgan fingerprint density at radius 3 is 2.69 bits per heavy atom. The Labute approximate surface area is 179 Å². The number of fused-ring (bicyclic) bond motifs is 1. The second-order valence-corrected chi connectivity index (χ2v) is 14.9. The standard InChI is InChI=1S/C19H25BrN6O2Si/c1-27-19-14(15(12-5-6-12)22-10-23-19)18-21-9-13-16(24-18)17(20)25-26(13)11-28-7-8-29(2,3)4/h9-10,12H,5-8,11H2,1-4H3. The molecule has 1 fully saturated rings. The van der Waals surface area contributed by atoms with Crippen LogP contribution in [0.25, 0.3) is 22.4 Å². The minimum atomic E-state index is -1.12. The number of nitrogens with zero attached hydrogens (tertiary/aromatic N) is 6. The minimum Gasteiger partial charge on any atom is -0.480 e. The molecular weight excluding hydrogens is 452 g/mol. The summed E-state index contributed by atoms with van der Waals surface area (Å²) in [7, 11) is 0.484. The van der Waals surface area contributed by atoms with E-state index in [1.165, 1.54) is 0 Å². The molecule has 1 aliphatic rings. The molecule has 3 aromatic heterocycles. The van der Waals surface area contributed by atoms with E-state index in [-0.39, 0.29) is 0 Å². The zero-order valence-electron chi connectivity index (χ0n) is 17.1. The average molecular weight is 477 g/mol. The molecule has 1 aliphatic carbocycles. The molecule has 29 heavy (non-hydrogen) atoms. The monoisotopic (exact) mass is 476 g/mol. The molecule has 0 radical (unpaired) electrons. The lowest BCUT2D eigenvalue weighted by Gasteiger charge is -2.15. The Balaban J connectivity index is 1.64. The fourth-order valence-electron chi connectivity index (χ4n) is 3.09. The largest absolute Gasteiger partial charge is 0.480 e. The van der Waals surface area contributed by atoms with Crippen LogP contribution in [0.1, 0.15) is 24.5 Å². The van der Waals surface area contributed by atoms with Crippen LogP contribution in [0.5, 0.6) is 5.88 Å². The zero-order valence-corrected chi connectivity index (χ0v) is 19.7. The van der Waals surface area contributed by atoms with Crippen molar-refractivity contribution in [2.24, 2.45) is 0 Å². The van der Waals surface area contributed by atoms with E-state index in [0.29, 0.717) is 29.0 Å². The molecule has 4 rings (SSSR count). The smallest absolute Gasteiger partial charge is 0.227 e. The topological polar surface area (TPSA) is 87.8 Å². The highest BCUT2D eigenvalue weighted by Gasteiger charge is 2.31. The van der Waals surface area contributed by atoms with Crippen LogP contribution in [0.3, 0.4) is 0 Å². The van der Waals surface area contributed by atoms with Crippen LogP contribution in [0.15, 0.2) is 17.1 Å². The van der Waals surface area contributed by atoms with Gasteiger partial charge in [-0.05, 0) is 34.8 Å². The van der Waals surface area contributed by atoms with Gasteiger partial charge in [-0.25, -0.2) is 24.6 Å². The Bertz CT molecular complexity index is 1030.